The molecule has 0 unspecified atom stereocenters. The van der Waals surface area contributed by atoms with Gasteiger partial charge < -0.3 is 0 Å². The third kappa shape index (κ3) is 2.62. The van der Waals surface area contributed by atoms with E-state index in [1.807, 2.05) is 0 Å². The number of rotatable bonds is 1. The molecule has 0 fully saturated rings. The van der Waals surface area contributed by atoms with Gasteiger partial charge in [-0.05, 0) is 23.8 Å². The smallest absolute Gasteiger partial charge is 0.132 e. The number of alkyl halides is 2. The van der Waals surface area contributed by atoms with Crippen molar-refractivity contribution in [2.24, 2.45) is 0 Å². The van der Waals surface area contributed by atoms with Gasteiger partial charge in [-0.25, -0.2) is 4.39 Å². The van der Waals surface area contributed by atoms with E-state index in [9.17, 15) is 4.39 Å². The van der Waals surface area contributed by atoms with Crippen LogP contribution in [0.3, 0.4) is 0 Å². The van der Waals surface area contributed by atoms with Gasteiger partial charge in [-0.1, -0.05) is 15.9 Å². The van der Waals surface area contributed by atoms with E-state index in [1.54, 1.807) is 6.07 Å². The van der Waals surface area contributed by atoms with Crippen LogP contribution in [0.25, 0.3) is 0 Å². The molecule has 0 spiro atoms. The summed E-state index contributed by atoms with van der Waals surface area (Å²) >= 11 is 14.2. The fourth-order valence-electron chi connectivity index (χ4n) is 0.701. The highest BCUT2D eigenvalue weighted by atomic mass is 79.9. The molecule has 60 valence electrons. The van der Waals surface area contributed by atoms with E-state index >= 15 is 0 Å². The maximum atomic E-state index is 12.6. The Bertz CT molecular complexity index is 242. The van der Waals surface area contributed by atoms with Crippen LogP contribution < -0.4 is 0 Å². The Morgan fingerprint density at radius 2 is 1.91 bits per heavy atom. The highest BCUT2D eigenvalue weighted by Gasteiger charge is 2.05. The summed E-state index contributed by atoms with van der Waals surface area (Å²) in [5.41, 5.74) is 0.556. The van der Waals surface area contributed by atoms with Crippen LogP contribution in [-0.2, 0) is 0 Å². The van der Waals surface area contributed by atoms with Gasteiger partial charge >= 0.3 is 0 Å². The summed E-state index contributed by atoms with van der Waals surface area (Å²) in [6.45, 7) is 0. The Kier molecular flexibility index (Phi) is 3.16. The van der Waals surface area contributed by atoms with Gasteiger partial charge in [0.05, 0.1) is 0 Å². The number of hydrogen-bond acceptors (Lipinski definition) is 0. The van der Waals surface area contributed by atoms with Crippen molar-refractivity contribution in [3.8, 4) is 0 Å². The summed E-state index contributed by atoms with van der Waals surface area (Å²) in [4.78, 5) is -0.679. The molecule has 0 aromatic heterocycles. The highest BCUT2D eigenvalue weighted by Crippen LogP contribution is 2.27. The molecule has 0 nitrogen and oxygen atoms in total. The van der Waals surface area contributed by atoms with Crippen molar-refractivity contribution >= 4 is 39.1 Å². The molecule has 0 atom stereocenters. The molecule has 0 saturated carbocycles. The summed E-state index contributed by atoms with van der Waals surface area (Å²) in [5, 5.41) is 0. The van der Waals surface area contributed by atoms with E-state index in [4.69, 9.17) is 23.2 Å². The van der Waals surface area contributed by atoms with Crippen LogP contribution >= 0.6 is 39.1 Å². The van der Waals surface area contributed by atoms with Gasteiger partial charge in [0.1, 0.15) is 10.7 Å². The van der Waals surface area contributed by atoms with Gasteiger partial charge in [0.25, 0.3) is 0 Å². The van der Waals surface area contributed by atoms with Gasteiger partial charge in [0.2, 0.25) is 0 Å². The first-order valence-corrected chi connectivity index (χ1v) is 4.50. The second kappa shape index (κ2) is 3.74. The molecule has 4 heteroatoms. The maximum absolute atomic E-state index is 12.6. The molecule has 0 N–H and O–H groups in total. The molecule has 0 radical (unpaired) electrons. The van der Waals surface area contributed by atoms with Crippen molar-refractivity contribution in [3.05, 3.63) is 34.1 Å². The minimum atomic E-state index is -0.679. The molecular formula is C7H4BrCl2F. The van der Waals surface area contributed by atoms with Crippen molar-refractivity contribution in [2.45, 2.75) is 4.84 Å². The van der Waals surface area contributed by atoms with E-state index in [1.165, 1.54) is 12.1 Å². The normalized spacial score (nSPS) is 10.6. The molecule has 0 aliphatic heterocycles. The van der Waals surface area contributed by atoms with Crippen LogP contribution in [0.4, 0.5) is 4.39 Å². The van der Waals surface area contributed by atoms with Crippen LogP contribution in [0.15, 0.2) is 22.7 Å². The predicted octanol–water partition coefficient (Wildman–Crippen LogP) is 4.06. The average molecular weight is 258 g/mol. The fraction of sp³-hybridized carbons (Fsp3) is 0.143. The Labute approximate surface area is 82.4 Å². The molecule has 1 rings (SSSR count). The SMILES string of the molecule is Fc1cc(Br)cc(C(Cl)Cl)c1. The van der Waals surface area contributed by atoms with Crippen LogP contribution in [0.2, 0.25) is 0 Å². The number of halogens is 4. The van der Waals surface area contributed by atoms with Crippen LogP contribution in [0.5, 0.6) is 0 Å². The quantitative estimate of drug-likeness (QED) is 0.666. The van der Waals surface area contributed by atoms with E-state index in [-0.39, 0.29) is 5.82 Å². The number of hydrogen-bond donors (Lipinski definition) is 0. The molecular weight excluding hydrogens is 254 g/mol. The molecule has 1 aromatic carbocycles. The minimum absolute atomic E-state index is 0.347. The second-order valence-corrected chi connectivity index (χ2v) is 4.02. The van der Waals surface area contributed by atoms with Crippen LogP contribution in [-0.4, -0.2) is 0 Å². The molecule has 0 amide bonds. The first-order chi connectivity index (χ1) is 5.09. The molecule has 1 aromatic rings. The lowest BCUT2D eigenvalue weighted by Crippen LogP contribution is -1.83. The molecule has 0 aliphatic carbocycles. The van der Waals surface area contributed by atoms with Crippen molar-refractivity contribution in [1.82, 2.24) is 0 Å². The van der Waals surface area contributed by atoms with Crippen LogP contribution in [0.1, 0.15) is 10.4 Å². The Morgan fingerprint density at radius 1 is 1.27 bits per heavy atom. The fourth-order valence-corrected chi connectivity index (χ4v) is 1.44. The monoisotopic (exact) mass is 256 g/mol. The second-order valence-electron chi connectivity index (χ2n) is 2.00. The van der Waals surface area contributed by atoms with Crippen LogP contribution in [0, 0.1) is 5.82 Å². The first kappa shape index (κ1) is 9.30. The van der Waals surface area contributed by atoms with E-state index in [0.717, 1.165) is 0 Å². The predicted molar refractivity (Wildman–Crippen MR) is 48.5 cm³/mol. The summed E-state index contributed by atoms with van der Waals surface area (Å²) in [6, 6.07) is 4.32. The Balaban J connectivity index is 3.08. The van der Waals surface area contributed by atoms with Gasteiger partial charge in [-0.2, -0.15) is 0 Å². The van der Waals surface area contributed by atoms with E-state index in [0.29, 0.717) is 10.0 Å². The van der Waals surface area contributed by atoms with E-state index < -0.39 is 4.84 Å². The number of benzene rings is 1. The summed E-state index contributed by atoms with van der Waals surface area (Å²) in [7, 11) is 0. The third-order valence-corrected chi connectivity index (χ3v) is 2.10. The summed E-state index contributed by atoms with van der Waals surface area (Å²) in [5.74, 6) is -0.347. The van der Waals surface area contributed by atoms with Gasteiger partial charge in [-0.15, -0.1) is 23.2 Å². The lowest BCUT2D eigenvalue weighted by Gasteiger charge is -2.01. The average Bonchev–Trinajstić information content (AvgIpc) is 1.85. The summed E-state index contributed by atoms with van der Waals surface area (Å²) < 4.78 is 13.3. The largest absolute Gasteiger partial charge is 0.207 e. The zero-order valence-corrected chi connectivity index (χ0v) is 8.42. The van der Waals surface area contributed by atoms with Crippen molar-refractivity contribution < 1.29 is 4.39 Å². The molecule has 0 aliphatic rings. The van der Waals surface area contributed by atoms with Gasteiger partial charge in [0, 0.05) is 4.47 Å². The zero-order valence-electron chi connectivity index (χ0n) is 5.32. The Hall–Kier alpha value is 0.210. The van der Waals surface area contributed by atoms with Crippen molar-refractivity contribution in [2.75, 3.05) is 0 Å². The molecule has 11 heavy (non-hydrogen) atoms. The summed E-state index contributed by atoms with van der Waals surface area (Å²) in [6.07, 6.45) is 0. The maximum Gasteiger partial charge on any atom is 0.132 e. The third-order valence-electron chi connectivity index (χ3n) is 1.14. The van der Waals surface area contributed by atoms with Crippen molar-refractivity contribution in [3.63, 3.8) is 0 Å². The highest BCUT2D eigenvalue weighted by molar-refractivity contribution is 9.10. The zero-order chi connectivity index (χ0) is 8.43. The van der Waals surface area contributed by atoms with Gasteiger partial charge in [0.15, 0.2) is 0 Å². The van der Waals surface area contributed by atoms with Crippen molar-refractivity contribution in [1.29, 1.82) is 0 Å². The van der Waals surface area contributed by atoms with E-state index in [2.05, 4.69) is 15.9 Å². The standard InChI is InChI=1S/C7H4BrCl2F/c8-5-1-4(7(9)10)2-6(11)3-5/h1-3,7H. The first-order valence-electron chi connectivity index (χ1n) is 2.84. The minimum Gasteiger partial charge on any atom is -0.207 e. The molecule has 0 heterocycles. The lowest BCUT2D eigenvalue weighted by molar-refractivity contribution is 0.625. The molecule has 0 saturated heterocycles. The Morgan fingerprint density at radius 3 is 2.36 bits per heavy atom. The topological polar surface area (TPSA) is 0 Å². The van der Waals surface area contributed by atoms with Gasteiger partial charge in [-0.3, -0.25) is 0 Å². The lowest BCUT2D eigenvalue weighted by atomic mass is 10.2. The molecule has 0 bridgehead atoms.